The van der Waals surface area contributed by atoms with Crippen LogP contribution in [-0.2, 0) is 11.0 Å². The minimum Gasteiger partial charge on any atom is -0.353 e. The monoisotopic (exact) mass is 460 g/mol. The lowest BCUT2D eigenvalue weighted by Gasteiger charge is -2.36. The second kappa shape index (κ2) is 8.68. The first-order valence-electron chi connectivity index (χ1n) is 10.3. The summed E-state index contributed by atoms with van der Waals surface area (Å²) >= 11 is 0. The first kappa shape index (κ1) is 22.5. The number of carbonyl (C=O) groups is 1. The van der Waals surface area contributed by atoms with E-state index in [2.05, 4.69) is 30.5 Å². The third-order valence-corrected chi connectivity index (χ3v) is 5.45. The Bertz CT molecular complexity index is 1170. The fraction of sp³-hybridized carbons (Fsp3) is 0.381. The number of nitrogens with one attached hydrogen (secondary N) is 2. The fourth-order valence-electron chi connectivity index (χ4n) is 3.72. The molecular weight excluding hydrogens is 437 g/mol. The van der Waals surface area contributed by atoms with Gasteiger partial charge in [-0.1, -0.05) is 18.2 Å². The van der Waals surface area contributed by atoms with Crippen molar-refractivity contribution >= 4 is 23.5 Å². The molecule has 0 unspecified atom stereocenters. The molecule has 9 nitrogen and oxygen atoms in total. The Morgan fingerprint density at radius 3 is 2.36 bits per heavy atom. The molecule has 0 saturated carbocycles. The number of hydrogen-bond acceptors (Lipinski definition) is 7. The number of anilines is 3. The molecule has 1 aliphatic rings. The molecule has 1 aromatic carbocycles. The van der Waals surface area contributed by atoms with E-state index in [1.54, 1.807) is 18.7 Å². The highest BCUT2D eigenvalue weighted by atomic mass is 19.4. The van der Waals surface area contributed by atoms with Gasteiger partial charge in [0.15, 0.2) is 5.82 Å². The molecule has 1 aliphatic heterocycles. The SMILES string of the molecule is CC(=O)N1CCN(c2nc(-c3ccccc3C(F)(F)F)nc(Nc3n[nH]c(C)n3)c2C)CC1. The van der Waals surface area contributed by atoms with Gasteiger partial charge in [-0.2, -0.15) is 18.2 Å². The molecule has 0 spiro atoms. The van der Waals surface area contributed by atoms with Crippen LogP contribution in [0.2, 0.25) is 0 Å². The van der Waals surface area contributed by atoms with E-state index in [4.69, 9.17) is 0 Å². The molecule has 1 amide bonds. The molecule has 2 N–H and O–H groups in total. The fourth-order valence-corrected chi connectivity index (χ4v) is 3.72. The summed E-state index contributed by atoms with van der Waals surface area (Å²) in [5.41, 5.74) is -0.300. The number of alkyl halides is 3. The van der Waals surface area contributed by atoms with Gasteiger partial charge in [0.2, 0.25) is 11.9 Å². The smallest absolute Gasteiger partial charge is 0.353 e. The van der Waals surface area contributed by atoms with Gasteiger partial charge in [0, 0.05) is 44.2 Å². The number of H-pyrrole nitrogens is 1. The van der Waals surface area contributed by atoms with Crippen LogP contribution in [0.15, 0.2) is 24.3 Å². The average molecular weight is 460 g/mol. The molecule has 3 aromatic rings. The number of nitrogens with zero attached hydrogens (tertiary/aromatic N) is 6. The van der Waals surface area contributed by atoms with E-state index in [0.29, 0.717) is 49.2 Å². The summed E-state index contributed by atoms with van der Waals surface area (Å²) in [5.74, 6) is 1.54. The lowest BCUT2D eigenvalue weighted by atomic mass is 10.1. The first-order chi connectivity index (χ1) is 15.6. The molecule has 2 aromatic heterocycles. The van der Waals surface area contributed by atoms with E-state index in [9.17, 15) is 18.0 Å². The molecule has 1 fully saturated rings. The number of hydrogen-bond donors (Lipinski definition) is 2. The van der Waals surface area contributed by atoms with Crippen molar-refractivity contribution in [3.05, 3.63) is 41.2 Å². The molecule has 0 radical (unpaired) electrons. The van der Waals surface area contributed by atoms with Gasteiger partial charge in [0.05, 0.1) is 5.56 Å². The van der Waals surface area contributed by atoms with Gasteiger partial charge >= 0.3 is 6.18 Å². The lowest BCUT2D eigenvalue weighted by molar-refractivity contribution is -0.137. The third-order valence-electron chi connectivity index (χ3n) is 5.45. The van der Waals surface area contributed by atoms with Crippen molar-refractivity contribution in [1.29, 1.82) is 0 Å². The van der Waals surface area contributed by atoms with E-state index in [1.165, 1.54) is 25.1 Å². The Hall–Kier alpha value is -3.70. The standard InChI is InChI=1S/C21H23F3N8O/c1-12-17(28-20-25-13(2)29-30-20)26-18(15-6-4-5-7-16(15)21(22,23)24)27-19(12)32-10-8-31(9-11-32)14(3)33/h4-7H,8-11H2,1-3H3,(H2,25,26,27,28,29,30). The number of carbonyl (C=O) groups excluding carboxylic acids is 1. The Kier molecular flexibility index (Phi) is 5.91. The third kappa shape index (κ3) is 4.73. The maximum absolute atomic E-state index is 13.7. The zero-order chi connectivity index (χ0) is 23.8. The zero-order valence-electron chi connectivity index (χ0n) is 18.4. The first-order valence-corrected chi connectivity index (χ1v) is 10.3. The minimum absolute atomic E-state index is 0.0174. The van der Waals surface area contributed by atoms with Crippen LogP contribution in [0.3, 0.4) is 0 Å². The highest BCUT2D eigenvalue weighted by Gasteiger charge is 2.34. The summed E-state index contributed by atoms with van der Waals surface area (Å²) in [6.07, 6.45) is -4.56. The van der Waals surface area contributed by atoms with Crippen molar-refractivity contribution in [2.75, 3.05) is 36.4 Å². The van der Waals surface area contributed by atoms with E-state index in [-0.39, 0.29) is 23.2 Å². The Morgan fingerprint density at radius 2 is 1.76 bits per heavy atom. The molecule has 12 heteroatoms. The number of aromatic nitrogens is 5. The summed E-state index contributed by atoms with van der Waals surface area (Å²) in [6.45, 7) is 7.02. The highest BCUT2D eigenvalue weighted by Crippen LogP contribution is 2.37. The summed E-state index contributed by atoms with van der Waals surface area (Å²) in [5, 5.41) is 9.74. The van der Waals surface area contributed by atoms with Gasteiger partial charge in [-0.25, -0.2) is 9.97 Å². The highest BCUT2D eigenvalue weighted by molar-refractivity contribution is 5.74. The topological polar surface area (TPSA) is 103 Å². The van der Waals surface area contributed by atoms with Crippen LogP contribution in [0.1, 0.15) is 23.9 Å². The molecule has 174 valence electrons. The molecule has 0 atom stereocenters. The summed E-state index contributed by atoms with van der Waals surface area (Å²) in [6, 6.07) is 5.21. The predicted octanol–water partition coefficient (Wildman–Crippen LogP) is 3.31. The largest absolute Gasteiger partial charge is 0.417 e. The minimum atomic E-state index is -4.56. The van der Waals surface area contributed by atoms with Crippen LogP contribution in [-0.4, -0.2) is 62.1 Å². The number of benzene rings is 1. The van der Waals surface area contributed by atoms with Gasteiger partial charge in [-0.05, 0) is 19.9 Å². The van der Waals surface area contributed by atoms with Crippen molar-refractivity contribution in [2.24, 2.45) is 0 Å². The predicted molar refractivity (Wildman–Crippen MR) is 116 cm³/mol. The van der Waals surface area contributed by atoms with Gasteiger partial charge in [-0.15, -0.1) is 5.10 Å². The van der Waals surface area contributed by atoms with Crippen LogP contribution < -0.4 is 10.2 Å². The molecule has 33 heavy (non-hydrogen) atoms. The Morgan fingerprint density at radius 1 is 1.06 bits per heavy atom. The normalized spacial score (nSPS) is 14.5. The second-order valence-electron chi connectivity index (χ2n) is 7.75. The van der Waals surface area contributed by atoms with Crippen molar-refractivity contribution in [3.8, 4) is 11.4 Å². The van der Waals surface area contributed by atoms with Crippen LogP contribution in [0.5, 0.6) is 0 Å². The molecule has 3 heterocycles. The van der Waals surface area contributed by atoms with Crippen molar-refractivity contribution in [1.82, 2.24) is 30.0 Å². The van der Waals surface area contributed by atoms with E-state index >= 15 is 0 Å². The summed E-state index contributed by atoms with van der Waals surface area (Å²) < 4.78 is 41.1. The molecule has 1 saturated heterocycles. The molecule has 0 bridgehead atoms. The van der Waals surface area contributed by atoms with Crippen molar-refractivity contribution in [2.45, 2.75) is 26.9 Å². The van der Waals surface area contributed by atoms with Gasteiger partial charge in [0.25, 0.3) is 0 Å². The number of aromatic amines is 1. The van der Waals surface area contributed by atoms with E-state index in [0.717, 1.165) is 6.07 Å². The van der Waals surface area contributed by atoms with Crippen LogP contribution in [0.4, 0.5) is 30.8 Å². The molecular formula is C21H23F3N8O. The van der Waals surface area contributed by atoms with Crippen LogP contribution in [0, 0.1) is 13.8 Å². The lowest BCUT2D eigenvalue weighted by Crippen LogP contribution is -2.48. The number of piperazine rings is 1. The van der Waals surface area contributed by atoms with E-state index < -0.39 is 11.7 Å². The summed E-state index contributed by atoms with van der Waals surface area (Å²) in [7, 11) is 0. The number of aryl methyl sites for hydroxylation is 1. The van der Waals surface area contributed by atoms with Crippen LogP contribution >= 0.6 is 0 Å². The van der Waals surface area contributed by atoms with Crippen molar-refractivity contribution in [3.63, 3.8) is 0 Å². The van der Waals surface area contributed by atoms with Crippen LogP contribution in [0.25, 0.3) is 11.4 Å². The molecule has 4 rings (SSSR count). The number of rotatable bonds is 4. The van der Waals surface area contributed by atoms with Gasteiger partial charge < -0.3 is 15.1 Å². The quantitative estimate of drug-likeness (QED) is 0.616. The maximum Gasteiger partial charge on any atom is 0.417 e. The second-order valence-corrected chi connectivity index (χ2v) is 7.75. The maximum atomic E-state index is 13.7. The summed E-state index contributed by atoms with van der Waals surface area (Å²) in [4.78, 5) is 28.5. The molecule has 0 aliphatic carbocycles. The van der Waals surface area contributed by atoms with Crippen molar-refractivity contribution < 1.29 is 18.0 Å². The zero-order valence-corrected chi connectivity index (χ0v) is 18.4. The van der Waals surface area contributed by atoms with Gasteiger partial charge in [0.1, 0.15) is 17.5 Å². The Balaban J connectivity index is 1.80. The number of amides is 1. The average Bonchev–Trinajstić information content (AvgIpc) is 3.19. The number of halogens is 3. The van der Waals surface area contributed by atoms with E-state index in [1.807, 2.05) is 4.90 Å². The van der Waals surface area contributed by atoms with Gasteiger partial charge in [-0.3, -0.25) is 9.89 Å². The Labute approximate surface area is 188 Å².